The normalized spacial score (nSPS) is 14.0. The number of anilines is 1. The van der Waals surface area contributed by atoms with E-state index in [1.54, 1.807) is 16.7 Å². The molecule has 3 aromatic heterocycles. The standard InChI is InChI=1S/C31H25F3N4O2/c32-21-8-6-18(7-9-21)23(17-25(33)34)30(39)37-26-16-20(12-14-35-26)29-27(19-4-2-1-3-5-19)28-24(36-29)13-15-38(31(28)40)22-10-11-22/h1-9,12-16,22-23,25,36H,10-11,17H2,(H,35,37,39)/t23-/m1/s1. The summed E-state index contributed by atoms with van der Waals surface area (Å²) in [4.78, 5) is 34.3. The number of carbonyl (C=O) groups is 1. The fraction of sp³-hybridized carbons (Fsp3) is 0.194. The van der Waals surface area contributed by atoms with Crippen LogP contribution in [0, 0.1) is 5.82 Å². The fourth-order valence-electron chi connectivity index (χ4n) is 5.10. The average molecular weight is 543 g/mol. The van der Waals surface area contributed by atoms with E-state index in [2.05, 4.69) is 15.3 Å². The van der Waals surface area contributed by atoms with Crippen LogP contribution < -0.4 is 10.9 Å². The monoisotopic (exact) mass is 542 g/mol. The molecule has 1 aliphatic carbocycles. The lowest BCUT2D eigenvalue weighted by atomic mass is 9.95. The van der Waals surface area contributed by atoms with Gasteiger partial charge in [0.1, 0.15) is 11.6 Å². The van der Waals surface area contributed by atoms with Crippen LogP contribution in [0.1, 0.15) is 36.8 Å². The van der Waals surface area contributed by atoms with Crippen LogP contribution in [0.2, 0.25) is 0 Å². The van der Waals surface area contributed by atoms with Crippen LogP contribution in [0.4, 0.5) is 19.0 Å². The molecule has 0 spiro atoms. The molecule has 40 heavy (non-hydrogen) atoms. The Balaban J connectivity index is 1.40. The van der Waals surface area contributed by atoms with Gasteiger partial charge in [-0.25, -0.2) is 18.2 Å². The van der Waals surface area contributed by atoms with E-state index in [1.165, 1.54) is 18.3 Å². The lowest BCUT2D eigenvalue weighted by molar-refractivity contribution is -0.118. The lowest BCUT2D eigenvalue weighted by Crippen LogP contribution is -2.23. The Bertz CT molecular complexity index is 1740. The summed E-state index contributed by atoms with van der Waals surface area (Å²) >= 11 is 0. The molecule has 6 nitrogen and oxygen atoms in total. The summed E-state index contributed by atoms with van der Waals surface area (Å²) < 4.78 is 41.9. The molecule has 0 radical (unpaired) electrons. The number of aromatic amines is 1. The summed E-state index contributed by atoms with van der Waals surface area (Å²) in [5.41, 5.74) is 3.82. The summed E-state index contributed by atoms with van der Waals surface area (Å²) in [5, 5.41) is 3.23. The molecule has 1 aliphatic rings. The molecule has 1 fully saturated rings. The molecule has 2 aromatic carbocycles. The maximum absolute atomic E-state index is 13.6. The number of nitrogens with zero attached hydrogens (tertiary/aromatic N) is 2. The van der Waals surface area contributed by atoms with Gasteiger partial charge in [-0.15, -0.1) is 0 Å². The first-order chi connectivity index (χ1) is 19.4. The first kappa shape index (κ1) is 25.6. The van der Waals surface area contributed by atoms with Gasteiger partial charge in [-0.3, -0.25) is 9.59 Å². The predicted octanol–water partition coefficient (Wildman–Crippen LogP) is 6.91. The summed E-state index contributed by atoms with van der Waals surface area (Å²) in [6.45, 7) is 0. The van der Waals surface area contributed by atoms with Crippen LogP contribution in [0.15, 0.2) is 90.0 Å². The Kier molecular flexibility index (Phi) is 6.71. The lowest BCUT2D eigenvalue weighted by Gasteiger charge is -2.17. The smallest absolute Gasteiger partial charge is 0.260 e. The molecular weight excluding hydrogens is 517 g/mol. The van der Waals surface area contributed by atoms with Gasteiger partial charge in [0.15, 0.2) is 0 Å². The minimum atomic E-state index is -2.74. The van der Waals surface area contributed by atoms with Gasteiger partial charge in [-0.1, -0.05) is 42.5 Å². The highest BCUT2D eigenvalue weighted by atomic mass is 19.3. The molecule has 202 valence electrons. The van der Waals surface area contributed by atoms with Crippen LogP contribution in [0.3, 0.4) is 0 Å². The molecule has 2 N–H and O–H groups in total. The molecule has 9 heteroatoms. The van der Waals surface area contributed by atoms with Crippen molar-refractivity contribution in [2.45, 2.75) is 37.6 Å². The Labute approximate surface area is 227 Å². The molecule has 6 rings (SSSR count). The highest BCUT2D eigenvalue weighted by Crippen LogP contribution is 2.39. The molecule has 0 unspecified atom stereocenters. The zero-order valence-corrected chi connectivity index (χ0v) is 21.3. The zero-order chi connectivity index (χ0) is 27.8. The summed E-state index contributed by atoms with van der Waals surface area (Å²) in [7, 11) is 0. The van der Waals surface area contributed by atoms with E-state index in [0.717, 1.165) is 36.1 Å². The van der Waals surface area contributed by atoms with Crippen molar-refractivity contribution in [2.75, 3.05) is 5.32 Å². The van der Waals surface area contributed by atoms with Crippen LogP contribution >= 0.6 is 0 Å². The van der Waals surface area contributed by atoms with Crippen molar-refractivity contribution in [3.8, 4) is 22.4 Å². The Morgan fingerprint density at radius 1 is 1.02 bits per heavy atom. The number of carbonyl (C=O) groups excluding carboxylic acids is 1. The Morgan fingerprint density at radius 2 is 1.77 bits per heavy atom. The van der Waals surface area contributed by atoms with Gasteiger partial charge in [-0.2, -0.15) is 0 Å². The van der Waals surface area contributed by atoms with Gasteiger partial charge in [0.05, 0.1) is 22.5 Å². The molecule has 5 aromatic rings. The Hall–Kier alpha value is -4.66. The summed E-state index contributed by atoms with van der Waals surface area (Å²) in [6, 6.07) is 20.0. The van der Waals surface area contributed by atoms with Crippen molar-refractivity contribution in [2.24, 2.45) is 0 Å². The van der Waals surface area contributed by atoms with Crippen molar-refractivity contribution in [1.29, 1.82) is 0 Å². The summed E-state index contributed by atoms with van der Waals surface area (Å²) in [6.07, 6.45) is 1.81. The second-order valence-corrected chi connectivity index (χ2v) is 9.94. The molecule has 1 saturated carbocycles. The van der Waals surface area contributed by atoms with Gasteiger partial charge >= 0.3 is 0 Å². The second kappa shape index (κ2) is 10.5. The molecule has 1 atom stereocenters. The van der Waals surface area contributed by atoms with Crippen LogP contribution in [-0.2, 0) is 4.79 Å². The van der Waals surface area contributed by atoms with Crippen molar-refractivity contribution >= 4 is 22.6 Å². The highest BCUT2D eigenvalue weighted by Gasteiger charge is 2.28. The number of hydrogen-bond donors (Lipinski definition) is 2. The minimum absolute atomic E-state index is 0.0712. The first-order valence-corrected chi connectivity index (χ1v) is 13.0. The van der Waals surface area contributed by atoms with E-state index in [9.17, 15) is 22.8 Å². The Morgan fingerprint density at radius 3 is 2.48 bits per heavy atom. The quantitative estimate of drug-likeness (QED) is 0.224. The number of nitrogens with one attached hydrogen (secondary N) is 2. The maximum Gasteiger partial charge on any atom is 0.260 e. The SMILES string of the molecule is O=C(Nc1cc(-c2[nH]c3ccn(C4CC4)c(=O)c3c2-c2ccccc2)ccn1)[C@H](CC(F)F)c1ccc(F)cc1. The molecule has 0 saturated heterocycles. The van der Waals surface area contributed by atoms with E-state index in [-0.39, 0.29) is 23.0 Å². The summed E-state index contributed by atoms with van der Waals surface area (Å²) in [5.74, 6) is -2.23. The topological polar surface area (TPSA) is 79.8 Å². The highest BCUT2D eigenvalue weighted by molar-refractivity contribution is 6.04. The van der Waals surface area contributed by atoms with Gasteiger partial charge in [0.25, 0.3) is 5.56 Å². The number of rotatable bonds is 8. The number of aromatic nitrogens is 3. The first-order valence-electron chi connectivity index (χ1n) is 13.0. The molecule has 0 aliphatic heterocycles. The third-order valence-electron chi connectivity index (χ3n) is 7.18. The number of amides is 1. The van der Waals surface area contributed by atoms with Gasteiger partial charge in [0, 0.05) is 36.0 Å². The van der Waals surface area contributed by atoms with E-state index in [1.807, 2.05) is 42.6 Å². The maximum atomic E-state index is 13.6. The van der Waals surface area contributed by atoms with Crippen molar-refractivity contribution < 1.29 is 18.0 Å². The number of halogens is 3. The molecule has 3 heterocycles. The van der Waals surface area contributed by atoms with Gasteiger partial charge in [-0.05, 0) is 54.3 Å². The minimum Gasteiger partial charge on any atom is -0.354 e. The van der Waals surface area contributed by atoms with E-state index >= 15 is 0 Å². The van der Waals surface area contributed by atoms with Crippen molar-refractivity contribution in [3.05, 3.63) is 107 Å². The second-order valence-electron chi connectivity index (χ2n) is 9.94. The predicted molar refractivity (Wildman–Crippen MR) is 148 cm³/mol. The molecule has 0 bridgehead atoms. The number of hydrogen-bond acceptors (Lipinski definition) is 3. The fourth-order valence-corrected chi connectivity index (χ4v) is 5.10. The number of pyridine rings is 2. The number of fused-ring (bicyclic) bond motifs is 1. The number of benzene rings is 2. The van der Waals surface area contributed by atoms with Crippen LogP contribution in [-0.4, -0.2) is 26.9 Å². The van der Waals surface area contributed by atoms with Crippen LogP contribution in [0.25, 0.3) is 33.3 Å². The largest absolute Gasteiger partial charge is 0.354 e. The average Bonchev–Trinajstić information content (AvgIpc) is 3.72. The van der Waals surface area contributed by atoms with E-state index in [0.29, 0.717) is 22.2 Å². The third-order valence-corrected chi connectivity index (χ3v) is 7.18. The number of H-pyrrole nitrogens is 1. The van der Waals surface area contributed by atoms with Crippen molar-refractivity contribution in [1.82, 2.24) is 14.5 Å². The van der Waals surface area contributed by atoms with Gasteiger partial charge < -0.3 is 14.9 Å². The van der Waals surface area contributed by atoms with E-state index in [4.69, 9.17) is 0 Å². The van der Waals surface area contributed by atoms with E-state index < -0.39 is 30.5 Å². The van der Waals surface area contributed by atoms with Gasteiger partial charge in [0.2, 0.25) is 12.3 Å². The van der Waals surface area contributed by atoms with Crippen LogP contribution in [0.5, 0.6) is 0 Å². The van der Waals surface area contributed by atoms with Crippen molar-refractivity contribution in [3.63, 3.8) is 0 Å². The number of alkyl halides is 2. The molecular formula is C31H25F3N4O2. The molecule has 1 amide bonds. The zero-order valence-electron chi connectivity index (χ0n) is 21.3. The third kappa shape index (κ3) is 5.02.